The van der Waals surface area contributed by atoms with E-state index in [4.69, 9.17) is 0 Å². The fraction of sp³-hybridized carbons (Fsp3) is 0.474. The number of hydrogen-bond acceptors (Lipinski definition) is 3. The Morgan fingerprint density at radius 1 is 1.29 bits per heavy atom. The molecule has 0 radical (unpaired) electrons. The number of nitrogens with one attached hydrogen (secondary N) is 1. The highest BCUT2D eigenvalue weighted by Gasteiger charge is 2.42. The molecule has 132 valence electrons. The lowest BCUT2D eigenvalue weighted by Gasteiger charge is -2.51. The summed E-state index contributed by atoms with van der Waals surface area (Å²) in [6.45, 7) is 6.96. The Hall–Kier alpha value is -1.000. The van der Waals surface area contributed by atoms with Crippen LogP contribution in [0.2, 0.25) is 0 Å². The van der Waals surface area contributed by atoms with Gasteiger partial charge in [0.05, 0.1) is 6.10 Å². The molecular weight excluding hydrogens is 343 g/mol. The normalized spacial score (nSPS) is 31.5. The molecule has 4 aliphatic heterocycles. The van der Waals surface area contributed by atoms with Crippen LogP contribution in [0, 0.1) is 11.8 Å². The maximum atomic E-state index is 11.1. The summed E-state index contributed by atoms with van der Waals surface area (Å²) in [4.78, 5) is 2.47. The van der Waals surface area contributed by atoms with Crippen molar-refractivity contribution in [1.82, 2.24) is 4.90 Å². The Labute approximate surface area is 156 Å². The van der Waals surface area contributed by atoms with Crippen LogP contribution in [-0.2, 0) is 0 Å². The van der Waals surface area contributed by atoms with Gasteiger partial charge in [0.2, 0.25) is 0 Å². The number of fused-ring (bicyclic) bond motifs is 4. The first-order valence-electron chi connectivity index (χ1n) is 8.36. The summed E-state index contributed by atoms with van der Waals surface area (Å²) in [5.41, 5.74) is 3.39. The molecule has 5 heteroatoms. The van der Waals surface area contributed by atoms with Crippen LogP contribution in [0.1, 0.15) is 18.4 Å². The van der Waals surface area contributed by atoms with Gasteiger partial charge >= 0.3 is 0 Å². The number of anilines is 1. The number of hydrogen-bond donors (Lipinski definition) is 2. The molecule has 4 aliphatic rings. The van der Waals surface area contributed by atoms with Crippen LogP contribution in [0.4, 0.5) is 5.69 Å². The molecule has 2 N–H and O–H groups in total. The van der Waals surface area contributed by atoms with Crippen LogP contribution in [0.3, 0.4) is 0 Å². The minimum Gasteiger partial charge on any atom is -0.387 e. The van der Waals surface area contributed by atoms with Crippen LogP contribution in [-0.4, -0.2) is 41.8 Å². The SMILES string of the molecule is C=C[C@@H]1CN2CC[C@H]1C[C@H]2[C@H](O)C1=CCNc2ccccc21.Cl.Cl. The number of piperidine rings is 3. The first kappa shape index (κ1) is 19.3. The van der Waals surface area contributed by atoms with Gasteiger partial charge in [-0.1, -0.05) is 30.4 Å². The van der Waals surface area contributed by atoms with Crippen LogP contribution in [0.15, 0.2) is 43.0 Å². The third kappa shape index (κ3) is 3.23. The number of halogens is 2. The zero-order valence-corrected chi connectivity index (χ0v) is 15.4. The summed E-state index contributed by atoms with van der Waals surface area (Å²) in [7, 11) is 0. The lowest BCUT2D eigenvalue weighted by Crippen LogP contribution is -2.57. The van der Waals surface area contributed by atoms with E-state index in [1.54, 1.807) is 0 Å². The second-order valence-electron chi connectivity index (χ2n) is 6.78. The molecule has 0 spiro atoms. The van der Waals surface area contributed by atoms with Gasteiger partial charge in [0.25, 0.3) is 0 Å². The molecule has 0 amide bonds. The Kier molecular flexibility index (Phi) is 6.38. The van der Waals surface area contributed by atoms with Crippen molar-refractivity contribution < 1.29 is 5.11 Å². The van der Waals surface area contributed by atoms with E-state index in [-0.39, 0.29) is 30.9 Å². The summed E-state index contributed by atoms with van der Waals surface area (Å²) < 4.78 is 0. The third-order valence-electron chi connectivity index (χ3n) is 5.69. The van der Waals surface area contributed by atoms with Gasteiger partial charge in [0, 0.05) is 30.4 Å². The minimum atomic E-state index is -0.392. The summed E-state index contributed by atoms with van der Waals surface area (Å²) in [6.07, 6.45) is 6.21. The van der Waals surface area contributed by atoms with E-state index in [0.29, 0.717) is 11.8 Å². The monoisotopic (exact) mass is 368 g/mol. The second kappa shape index (κ2) is 7.92. The van der Waals surface area contributed by atoms with Gasteiger partial charge in [-0.15, -0.1) is 31.4 Å². The molecule has 3 fully saturated rings. The van der Waals surface area contributed by atoms with Crippen molar-refractivity contribution in [1.29, 1.82) is 0 Å². The Morgan fingerprint density at radius 3 is 2.79 bits per heavy atom. The molecule has 1 unspecified atom stereocenters. The first-order chi connectivity index (χ1) is 10.8. The number of benzene rings is 1. The maximum absolute atomic E-state index is 11.1. The van der Waals surface area contributed by atoms with Gasteiger partial charge in [-0.2, -0.15) is 0 Å². The highest BCUT2D eigenvalue weighted by Crippen LogP contribution is 2.41. The lowest BCUT2D eigenvalue weighted by atomic mass is 9.73. The largest absolute Gasteiger partial charge is 0.387 e. The number of para-hydroxylation sites is 1. The molecule has 0 saturated carbocycles. The maximum Gasteiger partial charge on any atom is 0.0949 e. The molecule has 1 aromatic rings. The quantitative estimate of drug-likeness (QED) is 0.800. The molecule has 24 heavy (non-hydrogen) atoms. The Balaban J connectivity index is 0.00000104. The van der Waals surface area contributed by atoms with Crippen molar-refractivity contribution in [2.24, 2.45) is 11.8 Å². The molecule has 0 aromatic heterocycles. The predicted molar refractivity (Wildman–Crippen MR) is 105 cm³/mol. The molecule has 3 saturated heterocycles. The molecule has 5 rings (SSSR count). The fourth-order valence-corrected chi connectivity index (χ4v) is 4.46. The van der Waals surface area contributed by atoms with E-state index in [2.05, 4.69) is 41.1 Å². The van der Waals surface area contributed by atoms with Gasteiger partial charge in [-0.25, -0.2) is 0 Å². The Bertz CT molecular complexity index is 619. The van der Waals surface area contributed by atoms with Crippen molar-refractivity contribution in [3.05, 3.63) is 48.6 Å². The molecule has 5 atom stereocenters. The Morgan fingerprint density at radius 2 is 2.08 bits per heavy atom. The smallest absolute Gasteiger partial charge is 0.0949 e. The van der Waals surface area contributed by atoms with E-state index >= 15 is 0 Å². The van der Waals surface area contributed by atoms with Gasteiger partial charge in [-0.3, -0.25) is 4.90 Å². The van der Waals surface area contributed by atoms with Crippen molar-refractivity contribution in [3.8, 4) is 0 Å². The molecule has 2 bridgehead atoms. The third-order valence-corrected chi connectivity index (χ3v) is 5.69. The molecule has 0 aliphatic carbocycles. The van der Waals surface area contributed by atoms with E-state index < -0.39 is 6.10 Å². The van der Waals surface area contributed by atoms with E-state index in [0.717, 1.165) is 42.9 Å². The fourth-order valence-electron chi connectivity index (χ4n) is 4.46. The molecule has 4 heterocycles. The molecular formula is C19H26Cl2N2O. The summed E-state index contributed by atoms with van der Waals surface area (Å²) in [5.74, 6) is 1.30. The zero-order valence-electron chi connectivity index (χ0n) is 13.7. The molecule has 1 aromatic carbocycles. The predicted octanol–water partition coefficient (Wildman–Crippen LogP) is 3.60. The highest BCUT2D eigenvalue weighted by atomic mass is 35.5. The number of aliphatic hydroxyl groups is 1. The average Bonchev–Trinajstić information content (AvgIpc) is 2.60. The highest BCUT2D eigenvalue weighted by molar-refractivity contribution is 5.85. The van der Waals surface area contributed by atoms with Crippen LogP contribution in [0.25, 0.3) is 5.57 Å². The van der Waals surface area contributed by atoms with Crippen molar-refractivity contribution in [2.75, 3.05) is 25.0 Å². The van der Waals surface area contributed by atoms with Crippen molar-refractivity contribution in [2.45, 2.75) is 25.0 Å². The first-order valence-corrected chi connectivity index (χ1v) is 8.36. The summed E-state index contributed by atoms with van der Waals surface area (Å²) in [6, 6.07) is 8.55. The number of aliphatic hydroxyl groups excluding tert-OH is 1. The average molecular weight is 369 g/mol. The zero-order chi connectivity index (χ0) is 15.1. The minimum absolute atomic E-state index is 0. The van der Waals surface area contributed by atoms with Crippen molar-refractivity contribution in [3.63, 3.8) is 0 Å². The number of nitrogens with zero attached hydrogens (tertiary/aromatic N) is 1. The summed E-state index contributed by atoms with van der Waals surface area (Å²) in [5, 5.41) is 14.4. The standard InChI is InChI=1S/C19H24N2O.2ClH/c1-2-13-12-21-10-8-14(13)11-18(21)19(22)16-7-9-20-17-6-4-3-5-15(16)17;;/h2-7,13-14,18-20,22H,1,8-12H2;2*1H/t13-,14+,18+,19-;;/m1../s1. The van der Waals surface area contributed by atoms with Crippen LogP contribution in [0.5, 0.6) is 0 Å². The topological polar surface area (TPSA) is 35.5 Å². The molecule has 3 nitrogen and oxygen atoms in total. The van der Waals surface area contributed by atoms with Gasteiger partial charge in [0.1, 0.15) is 0 Å². The van der Waals surface area contributed by atoms with Gasteiger partial charge in [-0.05, 0) is 42.9 Å². The van der Waals surface area contributed by atoms with E-state index in [1.165, 1.54) is 6.42 Å². The van der Waals surface area contributed by atoms with E-state index in [9.17, 15) is 5.11 Å². The van der Waals surface area contributed by atoms with E-state index in [1.807, 2.05) is 12.1 Å². The second-order valence-corrected chi connectivity index (χ2v) is 6.78. The van der Waals surface area contributed by atoms with Crippen LogP contribution < -0.4 is 5.32 Å². The van der Waals surface area contributed by atoms with Crippen LogP contribution >= 0.6 is 24.8 Å². The number of rotatable bonds is 3. The van der Waals surface area contributed by atoms with Gasteiger partial charge in [0.15, 0.2) is 0 Å². The van der Waals surface area contributed by atoms with Gasteiger partial charge < -0.3 is 10.4 Å². The summed E-state index contributed by atoms with van der Waals surface area (Å²) >= 11 is 0. The lowest BCUT2D eigenvalue weighted by molar-refractivity contribution is -0.0254. The van der Waals surface area contributed by atoms with Crippen molar-refractivity contribution >= 4 is 36.1 Å².